The third kappa shape index (κ3) is 4.04. The number of halogens is 1. The number of carbonyl (C=O) groups excluding carboxylic acids is 1. The normalized spacial score (nSPS) is 19.6. The highest BCUT2D eigenvalue weighted by Gasteiger charge is 2.30. The minimum absolute atomic E-state index is 0. The van der Waals surface area contributed by atoms with Crippen LogP contribution in [0, 0.1) is 0 Å². The monoisotopic (exact) mass is 421 g/mol. The lowest BCUT2D eigenvalue weighted by molar-refractivity contribution is -0.915. The molecule has 0 bridgehead atoms. The van der Waals surface area contributed by atoms with Crippen molar-refractivity contribution in [1.29, 1.82) is 0 Å². The van der Waals surface area contributed by atoms with Gasteiger partial charge in [-0.05, 0) is 17.7 Å². The summed E-state index contributed by atoms with van der Waals surface area (Å²) in [6, 6.07) is 4.40. The minimum atomic E-state index is -0.157. The van der Waals surface area contributed by atoms with E-state index in [0.29, 0.717) is 6.42 Å². The Kier molecular flexibility index (Phi) is 7.41. The van der Waals surface area contributed by atoms with Crippen LogP contribution >= 0.6 is 0 Å². The van der Waals surface area contributed by atoms with Gasteiger partial charge in [0.15, 0.2) is 11.5 Å². The summed E-state index contributed by atoms with van der Waals surface area (Å²) in [5.41, 5.74) is 2.54. The van der Waals surface area contributed by atoms with Gasteiger partial charge >= 0.3 is 5.97 Å². The quantitative estimate of drug-likeness (QED) is 0.432. The predicted octanol–water partition coefficient (Wildman–Crippen LogP) is -2.23. The first kappa shape index (κ1) is 19.0. The number of quaternary nitrogens is 1. The second-order valence-electron chi connectivity index (χ2n) is 5.42. The first-order valence-electron chi connectivity index (χ1n) is 7.24. The Morgan fingerprint density at radius 2 is 1.86 bits per heavy atom. The van der Waals surface area contributed by atoms with Crippen molar-refractivity contribution in [3.05, 3.63) is 23.3 Å². The molecule has 2 atom stereocenters. The first-order chi connectivity index (χ1) is 10.1. The molecule has 0 aromatic heterocycles. The van der Waals surface area contributed by atoms with E-state index in [2.05, 4.69) is 19.2 Å². The second-order valence-corrected chi connectivity index (χ2v) is 5.42. The Bertz CT molecular complexity index is 521. The van der Waals surface area contributed by atoms with E-state index in [1.807, 2.05) is 0 Å². The van der Waals surface area contributed by atoms with Gasteiger partial charge in [-0.3, -0.25) is 4.79 Å². The third-order valence-corrected chi connectivity index (χ3v) is 4.27. The van der Waals surface area contributed by atoms with Crippen molar-refractivity contribution in [3.8, 4) is 11.5 Å². The molecule has 1 aliphatic heterocycles. The SMILES string of the molecule is COC(=O)CCC1c2cc(OC)c(OC)cc2CC[NH+]1C.[I-]. The zero-order valence-corrected chi connectivity index (χ0v) is 15.7. The number of fused-ring (bicyclic) bond motifs is 1. The van der Waals surface area contributed by atoms with Crippen LogP contribution in [-0.2, 0) is 16.0 Å². The van der Waals surface area contributed by atoms with Gasteiger partial charge in [0, 0.05) is 18.4 Å². The zero-order valence-electron chi connectivity index (χ0n) is 13.6. The lowest BCUT2D eigenvalue weighted by Gasteiger charge is -2.32. The summed E-state index contributed by atoms with van der Waals surface area (Å²) in [5.74, 6) is 1.35. The lowest BCUT2D eigenvalue weighted by atomic mass is 9.89. The average molecular weight is 421 g/mol. The molecule has 0 amide bonds. The van der Waals surface area contributed by atoms with Crippen LogP contribution in [0.3, 0.4) is 0 Å². The molecule has 0 saturated heterocycles. The molecule has 6 heteroatoms. The fourth-order valence-corrected chi connectivity index (χ4v) is 3.02. The van der Waals surface area contributed by atoms with Gasteiger partial charge in [0.1, 0.15) is 6.04 Å². The highest BCUT2D eigenvalue weighted by Crippen LogP contribution is 2.35. The van der Waals surface area contributed by atoms with Crippen LogP contribution in [0.5, 0.6) is 11.5 Å². The Morgan fingerprint density at radius 1 is 1.23 bits per heavy atom. The van der Waals surface area contributed by atoms with Gasteiger partial charge in [-0.25, -0.2) is 0 Å². The molecular weight excluding hydrogens is 397 g/mol. The van der Waals surface area contributed by atoms with E-state index >= 15 is 0 Å². The Labute approximate surface area is 148 Å². The van der Waals surface area contributed by atoms with Gasteiger partial charge in [-0.1, -0.05) is 0 Å². The summed E-state index contributed by atoms with van der Waals surface area (Å²) in [6.45, 7) is 1.05. The molecule has 1 aliphatic rings. The predicted molar refractivity (Wildman–Crippen MR) is 79.0 cm³/mol. The fraction of sp³-hybridized carbons (Fsp3) is 0.562. The van der Waals surface area contributed by atoms with Crippen LogP contribution in [-0.4, -0.2) is 40.9 Å². The molecule has 5 nitrogen and oxygen atoms in total. The Balaban J connectivity index is 0.00000242. The summed E-state index contributed by atoms with van der Waals surface area (Å²) in [6.07, 6.45) is 2.23. The van der Waals surface area contributed by atoms with Gasteiger partial charge < -0.3 is 43.1 Å². The van der Waals surface area contributed by atoms with Crippen LogP contribution in [0.1, 0.15) is 30.0 Å². The van der Waals surface area contributed by atoms with E-state index in [1.54, 1.807) is 14.2 Å². The lowest BCUT2D eigenvalue weighted by Crippen LogP contribution is -3.10. The van der Waals surface area contributed by atoms with Gasteiger partial charge in [-0.2, -0.15) is 0 Å². The molecule has 22 heavy (non-hydrogen) atoms. The third-order valence-electron chi connectivity index (χ3n) is 4.27. The number of nitrogens with one attached hydrogen (secondary N) is 1. The smallest absolute Gasteiger partial charge is 0.305 e. The van der Waals surface area contributed by atoms with Gasteiger partial charge in [-0.15, -0.1) is 0 Å². The molecule has 2 rings (SSSR count). The molecule has 0 radical (unpaired) electrons. The number of methoxy groups -OCH3 is 3. The maximum Gasteiger partial charge on any atom is 0.305 e. The minimum Gasteiger partial charge on any atom is -1.00 e. The van der Waals surface area contributed by atoms with E-state index in [9.17, 15) is 4.79 Å². The van der Waals surface area contributed by atoms with E-state index in [-0.39, 0.29) is 36.0 Å². The largest absolute Gasteiger partial charge is 1.00 e. The number of benzene rings is 1. The van der Waals surface area contributed by atoms with E-state index in [0.717, 1.165) is 30.9 Å². The zero-order chi connectivity index (χ0) is 15.4. The molecule has 2 unspecified atom stereocenters. The standard InChI is InChI=1S/C16H23NO4.HI/c1-17-8-7-11-9-14(19-2)15(20-3)10-12(11)13(17)5-6-16(18)21-4;/h9-10,13H,5-8H2,1-4H3;1H. The van der Waals surface area contributed by atoms with Crippen molar-refractivity contribution in [2.24, 2.45) is 0 Å². The Hall–Kier alpha value is -1.02. The van der Waals surface area contributed by atoms with Crippen molar-refractivity contribution in [2.45, 2.75) is 25.3 Å². The van der Waals surface area contributed by atoms with Crippen LogP contribution in [0.15, 0.2) is 12.1 Å². The van der Waals surface area contributed by atoms with Crippen molar-refractivity contribution in [2.75, 3.05) is 34.9 Å². The molecule has 0 aliphatic carbocycles. The summed E-state index contributed by atoms with van der Waals surface area (Å²) in [4.78, 5) is 12.8. The molecule has 0 fully saturated rings. The maximum absolute atomic E-state index is 11.4. The molecule has 1 aromatic rings. The number of ether oxygens (including phenoxy) is 3. The fourth-order valence-electron chi connectivity index (χ4n) is 3.02. The summed E-state index contributed by atoms with van der Waals surface area (Å²) in [5, 5.41) is 0. The molecular formula is C16H24INO4. The summed E-state index contributed by atoms with van der Waals surface area (Å²) < 4.78 is 15.5. The molecule has 0 saturated carbocycles. The first-order valence-corrected chi connectivity index (χ1v) is 7.24. The molecule has 1 N–H and O–H groups in total. The summed E-state index contributed by atoms with van der Waals surface area (Å²) >= 11 is 0. The maximum atomic E-state index is 11.4. The summed E-state index contributed by atoms with van der Waals surface area (Å²) in [7, 11) is 6.90. The van der Waals surface area contributed by atoms with Crippen LogP contribution < -0.4 is 38.4 Å². The number of rotatable bonds is 5. The van der Waals surface area contributed by atoms with Crippen molar-refractivity contribution in [1.82, 2.24) is 0 Å². The number of carbonyl (C=O) groups is 1. The van der Waals surface area contributed by atoms with Crippen LogP contribution in [0.25, 0.3) is 0 Å². The Morgan fingerprint density at radius 3 is 2.45 bits per heavy atom. The van der Waals surface area contributed by atoms with Crippen molar-refractivity contribution in [3.63, 3.8) is 0 Å². The van der Waals surface area contributed by atoms with Crippen LogP contribution in [0.2, 0.25) is 0 Å². The van der Waals surface area contributed by atoms with E-state index < -0.39 is 0 Å². The average Bonchev–Trinajstić information content (AvgIpc) is 2.52. The highest BCUT2D eigenvalue weighted by atomic mass is 127. The molecule has 124 valence electrons. The highest BCUT2D eigenvalue weighted by molar-refractivity contribution is 5.69. The van der Waals surface area contributed by atoms with Gasteiger partial charge in [0.2, 0.25) is 0 Å². The van der Waals surface area contributed by atoms with E-state index in [1.165, 1.54) is 23.1 Å². The van der Waals surface area contributed by atoms with Gasteiger partial charge in [0.25, 0.3) is 0 Å². The second kappa shape index (κ2) is 8.57. The molecule has 1 aromatic carbocycles. The molecule has 1 heterocycles. The van der Waals surface area contributed by atoms with Crippen molar-refractivity contribution < 1.29 is 47.9 Å². The number of hydrogen-bond donors (Lipinski definition) is 1. The van der Waals surface area contributed by atoms with E-state index in [4.69, 9.17) is 14.2 Å². The number of likely N-dealkylation sites (N-methyl/N-ethyl adjacent to an activating group) is 1. The van der Waals surface area contributed by atoms with Crippen molar-refractivity contribution >= 4 is 5.97 Å². The van der Waals surface area contributed by atoms with Gasteiger partial charge in [0.05, 0.1) is 41.3 Å². The molecule has 0 spiro atoms. The topological polar surface area (TPSA) is 49.2 Å². The number of hydrogen-bond acceptors (Lipinski definition) is 4. The van der Waals surface area contributed by atoms with Crippen LogP contribution in [0.4, 0.5) is 0 Å². The number of esters is 1.